The fraction of sp³-hybridized carbons (Fsp3) is 0.440. The maximum Gasteiger partial charge on any atom is 0.242 e. The number of ether oxygens (including phenoxy) is 1. The molecule has 174 valence electrons. The minimum Gasteiger partial charge on any atom is -0.494 e. The van der Waals surface area contributed by atoms with Crippen LogP contribution in [0.15, 0.2) is 42.5 Å². The lowest BCUT2D eigenvalue weighted by Crippen LogP contribution is -2.49. The van der Waals surface area contributed by atoms with Gasteiger partial charge >= 0.3 is 0 Å². The van der Waals surface area contributed by atoms with Crippen LogP contribution in [0, 0.1) is 6.92 Å². The number of hydrogen-bond acceptors (Lipinski definition) is 3. The minimum absolute atomic E-state index is 0.109. The van der Waals surface area contributed by atoms with E-state index in [0.29, 0.717) is 36.0 Å². The standard InChI is InChI=1S/C25H32Cl2N2O3/c1-4-14-28-25(31)23(5-2)29(17-19-10-11-20(26)16-22(19)27)24(30)7-6-15-32-21-12-8-18(3)9-13-21/h8-13,16,23H,4-7,14-15,17H2,1-3H3,(H,28,31). The third-order valence-electron chi connectivity index (χ3n) is 5.12. The van der Waals surface area contributed by atoms with E-state index in [1.54, 1.807) is 23.1 Å². The molecular weight excluding hydrogens is 447 g/mol. The summed E-state index contributed by atoms with van der Waals surface area (Å²) in [5.41, 5.74) is 1.91. The number of halogens is 2. The van der Waals surface area contributed by atoms with E-state index in [2.05, 4.69) is 5.32 Å². The number of nitrogens with one attached hydrogen (secondary N) is 1. The molecule has 0 radical (unpaired) electrons. The Kier molecular flexibility index (Phi) is 10.8. The molecule has 0 fully saturated rings. The topological polar surface area (TPSA) is 58.6 Å². The van der Waals surface area contributed by atoms with Gasteiger partial charge in [-0.3, -0.25) is 9.59 Å². The second-order valence-corrected chi connectivity index (χ2v) is 8.58. The van der Waals surface area contributed by atoms with Gasteiger partial charge in [0.05, 0.1) is 6.61 Å². The van der Waals surface area contributed by atoms with Crippen LogP contribution >= 0.6 is 23.2 Å². The molecular formula is C25H32Cl2N2O3. The van der Waals surface area contributed by atoms with Crippen molar-refractivity contribution in [2.24, 2.45) is 0 Å². The smallest absolute Gasteiger partial charge is 0.242 e. The number of aryl methyl sites for hydroxylation is 1. The second kappa shape index (κ2) is 13.3. The molecule has 7 heteroatoms. The summed E-state index contributed by atoms with van der Waals surface area (Å²) in [7, 11) is 0. The molecule has 1 unspecified atom stereocenters. The molecule has 2 aromatic rings. The average molecular weight is 479 g/mol. The predicted molar refractivity (Wildman–Crippen MR) is 130 cm³/mol. The van der Waals surface area contributed by atoms with Crippen molar-refractivity contribution in [3.63, 3.8) is 0 Å². The molecule has 2 amide bonds. The van der Waals surface area contributed by atoms with Crippen molar-refractivity contribution in [3.8, 4) is 5.75 Å². The van der Waals surface area contributed by atoms with E-state index in [-0.39, 0.29) is 24.8 Å². The zero-order chi connectivity index (χ0) is 23.5. The molecule has 0 saturated carbocycles. The number of hydrogen-bond donors (Lipinski definition) is 1. The van der Waals surface area contributed by atoms with E-state index in [0.717, 1.165) is 23.3 Å². The molecule has 0 aliphatic carbocycles. The average Bonchev–Trinajstić information content (AvgIpc) is 2.77. The summed E-state index contributed by atoms with van der Waals surface area (Å²) in [6.07, 6.45) is 2.15. The van der Waals surface area contributed by atoms with Crippen molar-refractivity contribution in [1.82, 2.24) is 10.2 Å². The van der Waals surface area contributed by atoms with Crippen molar-refractivity contribution in [2.45, 2.75) is 59.0 Å². The van der Waals surface area contributed by atoms with Crippen LogP contribution < -0.4 is 10.1 Å². The van der Waals surface area contributed by atoms with E-state index in [4.69, 9.17) is 27.9 Å². The molecule has 5 nitrogen and oxygen atoms in total. The van der Waals surface area contributed by atoms with Gasteiger partial charge in [0.2, 0.25) is 11.8 Å². The maximum absolute atomic E-state index is 13.2. The van der Waals surface area contributed by atoms with Crippen molar-refractivity contribution in [1.29, 1.82) is 0 Å². The number of carbonyl (C=O) groups excluding carboxylic acids is 2. The predicted octanol–water partition coefficient (Wildman–Crippen LogP) is 5.79. The molecule has 2 aromatic carbocycles. The Bertz CT molecular complexity index is 887. The first-order chi connectivity index (χ1) is 15.3. The number of rotatable bonds is 12. The van der Waals surface area contributed by atoms with Gasteiger partial charge in [-0.25, -0.2) is 0 Å². The third-order valence-corrected chi connectivity index (χ3v) is 5.70. The minimum atomic E-state index is -0.571. The number of carbonyl (C=O) groups is 2. The Morgan fingerprint density at radius 3 is 2.44 bits per heavy atom. The molecule has 32 heavy (non-hydrogen) atoms. The normalized spacial score (nSPS) is 11.7. The lowest BCUT2D eigenvalue weighted by atomic mass is 10.1. The molecule has 1 atom stereocenters. The Morgan fingerprint density at radius 2 is 1.81 bits per heavy atom. The van der Waals surface area contributed by atoms with Crippen LogP contribution in [0.2, 0.25) is 10.0 Å². The van der Waals surface area contributed by atoms with Gasteiger partial charge < -0.3 is 15.0 Å². The highest BCUT2D eigenvalue weighted by Crippen LogP contribution is 2.24. The number of amides is 2. The monoisotopic (exact) mass is 478 g/mol. The van der Waals surface area contributed by atoms with Crippen molar-refractivity contribution in [3.05, 3.63) is 63.6 Å². The largest absolute Gasteiger partial charge is 0.494 e. The fourth-order valence-corrected chi connectivity index (χ4v) is 3.78. The molecule has 2 rings (SSSR count). The number of nitrogens with zero attached hydrogens (tertiary/aromatic N) is 1. The van der Waals surface area contributed by atoms with Crippen molar-refractivity contribution >= 4 is 35.0 Å². The molecule has 0 aliphatic rings. The number of benzene rings is 2. The summed E-state index contributed by atoms with van der Waals surface area (Å²) in [4.78, 5) is 27.6. The summed E-state index contributed by atoms with van der Waals surface area (Å²) in [5, 5.41) is 3.91. The Balaban J connectivity index is 2.07. The zero-order valence-corrected chi connectivity index (χ0v) is 20.5. The summed E-state index contributed by atoms with van der Waals surface area (Å²) in [6, 6.07) is 12.4. The summed E-state index contributed by atoms with van der Waals surface area (Å²) >= 11 is 12.4. The summed E-state index contributed by atoms with van der Waals surface area (Å²) in [5.74, 6) is 0.518. The van der Waals surface area contributed by atoms with E-state index in [1.165, 1.54) is 0 Å². The van der Waals surface area contributed by atoms with Gasteiger partial charge in [-0.15, -0.1) is 0 Å². The third kappa shape index (κ3) is 8.03. The Morgan fingerprint density at radius 1 is 1.09 bits per heavy atom. The lowest BCUT2D eigenvalue weighted by molar-refractivity contribution is -0.141. The van der Waals surface area contributed by atoms with E-state index < -0.39 is 6.04 Å². The van der Waals surface area contributed by atoms with Crippen molar-refractivity contribution in [2.75, 3.05) is 13.2 Å². The Labute approximate surface area is 201 Å². The molecule has 0 saturated heterocycles. The Hall–Kier alpha value is -2.24. The first kappa shape index (κ1) is 26.0. The highest BCUT2D eigenvalue weighted by Gasteiger charge is 2.28. The van der Waals surface area contributed by atoms with Gasteiger partial charge in [-0.2, -0.15) is 0 Å². The van der Waals surface area contributed by atoms with Gasteiger partial charge in [0, 0.05) is 29.6 Å². The molecule has 0 aliphatic heterocycles. The van der Waals surface area contributed by atoms with Crippen molar-refractivity contribution < 1.29 is 14.3 Å². The van der Waals surface area contributed by atoms with Gasteiger partial charge in [-0.1, -0.05) is 60.8 Å². The van der Waals surface area contributed by atoms with Crippen LogP contribution in [0.5, 0.6) is 5.75 Å². The van der Waals surface area contributed by atoms with Crippen LogP contribution in [0.25, 0.3) is 0 Å². The molecule has 0 aromatic heterocycles. The van der Waals surface area contributed by atoms with Gasteiger partial charge in [0.25, 0.3) is 0 Å². The van der Waals surface area contributed by atoms with E-state index >= 15 is 0 Å². The van der Waals surface area contributed by atoms with E-state index in [9.17, 15) is 9.59 Å². The second-order valence-electron chi connectivity index (χ2n) is 7.74. The van der Waals surface area contributed by atoms with E-state index in [1.807, 2.05) is 45.0 Å². The van der Waals surface area contributed by atoms with Crippen LogP contribution in [-0.2, 0) is 16.1 Å². The highest BCUT2D eigenvalue weighted by atomic mass is 35.5. The summed E-state index contributed by atoms with van der Waals surface area (Å²) < 4.78 is 5.74. The fourth-order valence-electron chi connectivity index (χ4n) is 3.31. The lowest BCUT2D eigenvalue weighted by Gasteiger charge is -2.31. The van der Waals surface area contributed by atoms with Gasteiger partial charge in [-0.05, 0) is 56.0 Å². The van der Waals surface area contributed by atoms with Gasteiger partial charge in [0.1, 0.15) is 11.8 Å². The molecule has 1 N–H and O–H groups in total. The van der Waals surface area contributed by atoms with Crippen LogP contribution in [0.3, 0.4) is 0 Å². The SMILES string of the molecule is CCCNC(=O)C(CC)N(Cc1ccc(Cl)cc1Cl)C(=O)CCCOc1ccc(C)cc1. The highest BCUT2D eigenvalue weighted by molar-refractivity contribution is 6.35. The first-order valence-electron chi connectivity index (χ1n) is 11.1. The summed E-state index contributed by atoms with van der Waals surface area (Å²) in [6.45, 7) is 7.15. The van der Waals surface area contributed by atoms with Crippen LogP contribution in [0.1, 0.15) is 50.7 Å². The molecule has 0 spiro atoms. The molecule has 0 bridgehead atoms. The zero-order valence-electron chi connectivity index (χ0n) is 19.0. The quantitative estimate of drug-likeness (QED) is 0.392. The van der Waals surface area contributed by atoms with Crippen LogP contribution in [0.4, 0.5) is 0 Å². The molecule has 0 heterocycles. The maximum atomic E-state index is 13.2. The van der Waals surface area contributed by atoms with Crippen LogP contribution in [-0.4, -0.2) is 35.9 Å². The van der Waals surface area contributed by atoms with Gasteiger partial charge in [0.15, 0.2) is 0 Å². The first-order valence-corrected chi connectivity index (χ1v) is 11.8.